The van der Waals surface area contributed by atoms with Gasteiger partial charge in [0, 0.05) is 28.8 Å². The van der Waals surface area contributed by atoms with Crippen molar-refractivity contribution in [1.82, 2.24) is 0 Å². The fraction of sp³-hybridized carbons (Fsp3) is 0.0667. The second-order valence-corrected chi connectivity index (χ2v) is 5.13. The van der Waals surface area contributed by atoms with Crippen molar-refractivity contribution in [2.75, 3.05) is 0 Å². The number of phenolic OH excluding ortho intramolecular Hbond substituents is 1. The van der Waals surface area contributed by atoms with E-state index >= 15 is 0 Å². The van der Waals surface area contributed by atoms with Crippen molar-refractivity contribution in [3.05, 3.63) is 84.5 Å². The SMILES string of the molecule is O=[N+]([O-])C(=Cc1cc(Cl)ccc1O)Cc1ccc([N+](=O)[O-])cc1. The minimum atomic E-state index is -0.568. The van der Waals surface area contributed by atoms with E-state index in [1.165, 1.54) is 48.5 Å². The summed E-state index contributed by atoms with van der Waals surface area (Å²) in [7, 11) is 0. The Hall–Kier alpha value is -2.93. The highest BCUT2D eigenvalue weighted by Gasteiger charge is 2.15. The summed E-state index contributed by atoms with van der Waals surface area (Å²) in [6, 6.07) is 9.69. The number of nitrogens with zero attached hydrogens (tertiary/aromatic N) is 2. The number of non-ortho nitro benzene ring substituents is 1. The van der Waals surface area contributed by atoms with Crippen LogP contribution in [0.1, 0.15) is 11.1 Å². The van der Waals surface area contributed by atoms with Gasteiger partial charge in [0.15, 0.2) is 0 Å². The Labute approximate surface area is 135 Å². The molecular formula is C15H11ClN2O5. The summed E-state index contributed by atoms with van der Waals surface area (Å²) in [5.74, 6) is -0.127. The number of hydrogen-bond donors (Lipinski definition) is 1. The average Bonchev–Trinajstić information content (AvgIpc) is 2.50. The molecule has 7 nitrogen and oxygen atoms in total. The minimum absolute atomic E-state index is 0.0447. The first-order chi connectivity index (χ1) is 10.9. The van der Waals surface area contributed by atoms with Gasteiger partial charge in [0.1, 0.15) is 5.75 Å². The molecule has 1 N–H and O–H groups in total. The number of allylic oxidation sites excluding steroid dienone is 1. The molecule has 0 bridgehead atoms. The second-order valence-electron chi connectivity index (χ2n) is 4.70. The summed E-state index contributed by atoms with van der Waals surface area (Å²) in [4.78, 5) is 20.7. The monoisotopic (exact) mass is 334 g/mol. The summed E-state index contributed by atoms with van der Waals surface area (Å²) in [6.45, 7) is 0. The molecule has 0 heterocycles. The molecule has 0 unspecified atom stereocenters. The summed E-state index contributed by atoms with van der Waals surface area (Å²) in [5, 5.41) is 31.9. The van der Waals surface area contributed by atoms with Gasteiger partial charge in [0.2, 0.25) is 0 Å². The van der Waals surface area contributed by atoms with Crippen molar-refractivity contribution in [3.8, 4) is 5.75 Å². The van der Waals surface area contributed by atoms with Crippen LogP contribution < -0.4 is 0 Å². The molecule has 8 heteroatoms. The van der Waals surface area contributed by atoms with Crippen LogP contribution in [0.2, 0.25) is 5.02 Å². The molecule has 2 aromatic rings. The number of rotatable bonds is 5. The van der Waals surface area contributed by atoms with Crippen LogP contribution in [0.15, 0.2) is 48.2 Å². The van der Waals surface area contributed by atoms with Crippen molar-refractivity contribution >= 4 is 23.4 Å². The molecule has 0 fully saturated rings. The van der Waals surface area contributed by atoms with Crippen LogP contribution in [0.3, 0.4) is 0 Å². The van der Waals surface area contributed by atoms with Gasteiger partial charge in [-0.15, -0.1) is 0 Å². The molecule has 118 valence electrons. The normalized spacial score (nSPS) is 11.3. The van der Waals surface area contributed by atoms with Crippen molar-refractivity contribution in [3.63, 3.8) is 0 Å². The van der Waals surface area contributed by atoms with Crippen LogP contribution in [-0.2, 0) is 6.42 Å². The predicted octanol–water partition coefficient (Wildman–Crippen LogP) is 3.81. The van der Waals surface area contributed by atoms with Gasteiger partial charge in [0.25, 0.3) is 11.4 Å². The largest absolute Gasteiger partial charge is 0.507 e. The fourth-order valence-electron chi connectivity index (χ4n) is 1.93. The molecular weight excluding hydrogens is 324 g/mol. The first-order valence-corrected chi connectivity index (χ1v) is 6.81. The van der Waals surface area contributed by atoms with Crippen LogP contribution >= 0.6 is 11.6 Å². The zero-order chi connectivity index (χ0) is 17.0. The van der Waals surface area contributed by atoms with E-state index in [0.717, 1.165) is 0 Å². The summed E-state index contributed by atoms with van der Waals surface area (Å²) >= 11 is 5.81. The van der Waals surface area contributed by atoms with E-state index < -0.39 is 9.85 Å². The molecule has 2 rings (SSSR count). The van der Waals surface area contributed by atoms with Gasteiger partial charge in [-0.3, -0.25) is 20.2 Å². The third-order valence-corrected chi connectivity index (χ3v) is 3.31. The van der Waals surface area contributed by atoms with Gasteiger partial charge < -0.3 is 5.11 Å². The highest BCUT2D eigenvalue weighted by atomic mass is 35.5. The van der Waals surface area contributed by atoms with E-state index in [1.807, 2.05) is 0 Å². The van der Waals surface area contributed by atoms with Gasteiger partial charge in [-0.25, -0.2) is 0 Å². The third-order valence-electron chi connectivity index (χ3n) is 3.08. The molecule has 0 saturated carbocycles. The predicted molar refractivity (Wildman–Crippen MR) is 84.9 cm³/mol. The van der Waals surface area contributed by atoms with Crippen molar-refractivity contribution in [1.29, 1.82) is 0 Å². The van der Waals surface area contributed by atoms with Crippen LogP contribution in [0.4, 0.5) is 5.69 Å². The van der Waals surface area contributed by atoms with Crippen molar-refractivity contribution < 1.29 is 15.0 Å². The smallest absolute Gasteiger partial charge is 0.269 e. The van der Waals surface area contributed by atoms with E-state index in [9.17, 15) is 25.3 Å². The van der Waals surface area contributed by atoms with E-state index in [-0.39, 0.29) is 29.1 Å². The lowest BCUT2D eigenvalue weighted by atomic mass is 10.1. The molecule has 0 aliphatic rings. The molecule has 23 heavy (non-hydrogen) atoms. The Morgan fingerprint density at radius 2 is 1.78 bits per heavy atom. The molecule has 0 spiro atoms. The number of benzene rings is 2. The highest BCUT2D eigenvalue weighted by molar-refractivity contribution is 6.30. The van der Waals surface area contributed by atoms with E-state index in [1.54, 1.807) is 0 Å². The highest BCUT2D eigenvalue weighted by Crippen LogP contribution is 2.25. The first-order valence-electron chi connectivity index (χ1n) is 6.43. The molecule has 0 atom stereocenters. The van der Waals surface area contributed by atoms with Gasteiger partial charge in [-0.1, -0.05) is 23.7 Å². The van der Waals surface area contributed by atoms with E-state index in [4.69, 9.17) is 11.6 Å². The molecule has 2 aromatic carbocycles. The summed E-state index contributed by atoms with van der Waals surface area (Å²) < 4.78 is 0. The molecule has 0 aliphatic carbocycles. The molecule has 0 radical (unpaired) electrons. The number of phenols is 1. The maximum Gasteiger partial charge on any atom is 0.269 e. The number of nitro groups is 2. The van der Waals surface area contributed by atoms with Gasteiger partial charge in [-0.05, 0) is 23.8 Å². The first kappa shape index (κ1) is 16.4. The van der Waals surface area contributed by atoms with Gasteiger partial charge in [-0.2, -0.15) is 0 Å². The van der Waals surface area contributed by atoms with Crippen LogP contribution in [-0.4, -0.2) is 15.0 Å². The molecule has 0 amide bonds. The maximum absolute atomic E-state index is 11.2. The Kier molecular flexibility index (Phi) is 4.92. The lowest BCUT2D eigenvalue weighted by Gasteiger charge is -2.03. The Morgan fingerprint density at radius 3 is 2.35 bits per heavy atom. The average molecular weight is 335 g/mol. The Balaban J connectivity index is 2.31. The topological polar surface area (TPSA) is 107 Å². The van der Waals surface area contributed by atoms with E-state index in [0.29, 0.717) is 10.6 Å². The molecule has 0 saturated heterocycles. The number of nitro benzene ring substituents is 1. The zero-order valence-corrected chi connectivity index (χ0v) is 12.4. The summed E-state index contributed by atoms with van der Waals surface area (Å²) in [5.41, 5.74) is 0.510. The van der Waals surface area contributed by atoms with Gasteiger partial charge >= 0.3 is 0 Å². The fourth-order valence-corrected chi connectivity index (χ4v) is 2.11. The van der Waals surface area contributed by atoms with Crippen molar-refractivity contribution in [2.24, 2.45) is 0 Å². The summed E-state index contributed by atoms with van der Waals surface area (Å²) in [6.07, 6.45) is 1.18. The van der Waals surface area contributed by atoms with Gasteiger partial charge in [0.05, 0.1) is 16.3 Å². The zero-order valence-electron chi connectivity index (χ0n) is 11.7. The number of hydrogen-bond acceptors (Lipinski definition) is 5. The molecule has 0 aliphatic heterocycles. The number of aromatic hydroxyl groups is 1. The van der Waals surface area contributed by atoms with E-state index in [2.05, 4.69) is 0 Å². The van der Waals surface area contributed by atoms with Crippen LogP contribution in [0.25, 0.3) is 6.08 Å². The standard InChI is InChI=1S/C15H11ClN2O5/c16-12-3-6-15(19)11(8-12)9-14(18(22)23)7-10-1-4-13(5-2-10)17(20)21/h1-6,8-9,19H,7H2. The third kappa shape index (κ3) is 4.27. The second kappa shape index (κ2) is 6.89. The Bertz CT molecular complexity index is 787. The lowest BCUT2D eigenvalue weighted by molar-refractivity contribution is -0.425. The lowest BCUT2D eigenvalue weighted by Crippen LogP contribution is -2.02. The Morgan fingerprint density at radius 1 is 1.13 bits per heavy atom. The van der Waals surface area contributed by atoms with Crippen LogP contribution in [0, 0.1) is 20.2 Å². The molecule has 0 aromatic heterocycles. The maximum atomic E-state index is 11.2. The van der Waals surface area contributed by atoms with Crippen LogP contribution in [0.5, 0.6) is 5.75 Å². The van der Waals surface area contributed by atoms with Crippen molar-refractivity contribution in [2.45, 2.75) is 6.42 Å². The quantitative estimate of drug-likeness (QED) is 0.660. The number of halogens is 1. The minimum Gasteiger partial charge on any atom is -0.507 e.